The first-order chi connectivity index (χ1) is 11.2. The second kappa shape index (κ2) is 7.11. The van der Waals surface area contributed by atoms with Crippen LogP contribution in [0.2, 0.25) is 5.02 Å². The number of unbranched alkanes of at least 4 members (excludes halogenated alkanes) is 2. The van der Waals surface area contributed by atoms with E-state index >= 15 is 0 Å². The van der Waals surface area contributed by atoms with Crippen LogP contribution < -0.4 is 0 Å². The first-order valence-corrected chi connectivity index (χ1v) is 8.02. The minimum Gasteiger partial charge on any atom is -0.362 e. The minimum absolute atomic E-state index is 0.0660. The zero-order valence-electron chi connectivity index (χ0n) is 13.1. The summed E-state index contributed by atoms with van der Waals surface area (Å²) in [5.41, 5.74) is -3.23. The zero-order valence-corrected chi connectivity index (χ0v) is 13.9. The molecule has 0 fully saturated rings. The predicted octanol–water partition coefficient (Wildman–Crippen LogP) is 4.37. The van der Waals surface area contributed by atoms with Crippen molar-refractivity contribution in [1.82, 2.24) is 5.01 Å². The highest BCUT2D eigenvalue weighted by Crippen LogP contribution is 2.41. The van der Waals surface area contributed by atoms with Gasteiger partial charge in [-0.15, -0.1) is 0 Å². The van der Waals surface area contributed by atoms with Crippen LogP contribution in [0.15, 0.2) is 29.4 Å². The monoisotopic (exact) mass is 362 g/mol. The van der Waals surface area contributed by atoms with Gasteiger partial charge in [0, 0.05) is 22.7 Å². The molecule has 0 aromatic heterocycles. The number of benzene rings is 1. The number of hydrazone groups is 1. The Labute approximate surface area is 142 Å². The van der Waals surface area contributed by atoms with Crippen LogP contribution in [0, 0.1) is 0 Å². The lowest BCUT2D eigenvalue weighted by atomic mass is 10.0. The molecule has 1 aromatic rings. The fourth-order valence-electron chi connectivity index (χ4n) is 2.51. The summed E-state index contributed by atoms with van der Waals surface area (Å²) in [4.78, 5) is 12.4. The van der Waals surface area contributed by atoms with Crippen LogP contribution in [0.25, 0.3) is 0 Å². The van der Waals surface area contributed by atoms with Crippen molar-refractivity contribution in [3.63, 3.8) is 0 Å². The van der Waals surface area contributed by atoms with E-state index in [1.54, 1.807) is 0 Å². The summed E-state index contributed by atoms with van der Waals surface area (Å²) in [6.07, 6.45) is -3.04. The molecule has 0 saturated carbocycles. The average molecular weight is 363 g/mol. The average Bonchev–Trinajstić information content (AvgIpc) is 2.85. The number of aliphatic hydroxyl groups is 1. The van der Waals surface area contributed by atoms with Crippen molar-refractivity contribution in [1.29, 1.82) is 0 Å². The molecule has 2 rings (SSSR count). The number of hydrogen-bond acceptors (Lipinski definition) is 3. The molecule has 0 spiro atoms. The van der Waals surface area contributed by atoms with Gasteiger partial charge in [0.05, 0.1) is 0 Å². The van der Waals surface area contributed by atoms with E-state index in [1.165, 1.54) is 24.3 Å². The lowest BCUT2D eigenvalue weighted by molar-refractivity contribution is -0.297. The molecule has 0 radical (unpaired) electrons. The Hall–Kier alpha value is -1.60. The van der Waals surface area contributed by atoms with Gasteiger partial charge in [0.25, 0.3) is 11.6 Å². The van der Waals surface area contributed by atoms with Gasteiger partial charge in [0.1, 0.15) is 0 Å². The van der Waals surface area contributed by atoms with Crippen molar-refractivity contribution >= 4 is 23.2 Å². The van der Waals surface area contributed by atoms with E-state index in [4.69, 9.17) is 11.6 Å². The van der Waals surface area contributed by atoms with Gasteiger partial charge >= 0.3 is 6.18 Å². The van der Waals surface area contributed by atoms with Crippen molar-refractivity contribution in [2.75, 3.05) is 0 Å². The van der Waals surface area contributed by atoms with Crippen molar-refractivity contribution in [2.45, 2.75) is 50.9 Å². The minimum atomic E-state index is -5.02. The third-order valence-electron chi connectivity index (χ3n) is 3.83. The third-order valence-corrected chi connectivity index (χ3v) is 4.06. The molecular weight excluding hydrogens is 345 g/mol. The van der Waals surface area contributed by atoms with Gasteiger partial charge in [-0.25, -0.2) is 0 Å². The molecule has 1 N–H and O–H groups in total. The molecule has 0 unspecified atom stereocenters. The molecule has 1 aliphatic rings. The molecule has 8 heteroatoms. The Kier molecular flexibility index (Phi) is 5.55. The summed E-state index contributed by atoms with van der Waals surface area (Å²) in [6, 6.07) is 5.52. The number of alkyl halides is 3. The number of nitrogens with zero attached hydrogens (tertiary/aromatic N) is 2. The summed E-state index contributed by atoms with van der Waals surface area (Å²) in [6.45, 7) is 1.97. The Bertz CT molecular complexity index is 648. The first kappa shape index (κ1) is 18.7. The quantitative estimate of drug-likeness (QED) is 0.790. The molecular formula is C16H18ClF3N2O2. The highest BCUT2D eigenvalue weighted by molar-refractivity contribution is 6.31. The number of carbonyl (C=O) groups excluding carboxylic acids is 1. The third kappa shape index (κ3) is 3.72. The molecule has 4 nitrogen and oxygen atoms in total. The molecule has 1 heterocycles. The maximum Gasteiger partial charge on any atom is 0.438 e. The summed E-state index contributed by atoms with van der Waals surface area (Å²) in [5, 5.41) is 14.3. The smallest absolute Gasteiger partial charge is 0.362 e. The maximum absolute atomic E-state index is 13.4. The van der Waals surface area contributed by atoms with E-state index in [9.17, 15) is 23.1 Å². The molecule has 1 amide bonds. The molecule has 0 saturated heterocycles. The second-order valence-corrected chi connectivity index (χ2v) is 6.18. The summed E-state index contributed by atoms with van der Waals surface area (Å²) in [5.74, 6) is -1.04. The Morgan fingerprint density at radius 1 is 1.42 bits per heavy atom. The van der Waals surface area contributed by atoms with E-state index in [-0.39, 0.29) is 21.3 Å². The van der Waals surface area contributed by atoms with Crippen LogP contribution in [0.5, 0.6) is 0 Å². The second-order valence-electron chi connectivity index (χ2n) is 5.74. The fourth-order valence-corrected chi connectivity index (χ4v) is 2.70. The molecule has 1 aliphatic heterocycles. The van der Waals surface area contributed by atoms with Crippen molar-refractivity contribution < 1.29 is 23.1 Å². The number of carbonyl (C=O) groups is 1. The van der Waals surface area contributed by atoms with Crippen LogP contribution >= 0.6 is 11.6 Å². The van der Waals surface area contributed by atoms with Crippen LogP contribution in [0.4, 0.5) is 13.2 Å². The van der Waals surface area contributed by atoms with Crippen LogP contribution in [-0.2, 0) is 0 Å². The number of hydrogen-bond donors (Lipinski definition) is 1. The van der Waals surface area contributed by atoms with Crippen LogP contribution in [0.3, 0.4) is 0 Å². The van der Waals surface area contributed by atoms with Gasteiger partial charge in [0.15, 0.2) is 0 Å². The topological polar surface area (TPSA) is 52.9 Å². The van der Waals surface area contributed by atoms with E-state index in [1.807, 2.05) is 6.92 Å². The van der Waals surface area contributed by atoms with Crippen LogP contribution in [0.1, 0.15) is 49.4 Å². The largest absolute Gasteiger partial charge is 0.438 e. The standard InChI is InChI=1S/C16H18ClF3N2O2/c1-2-3-4-8-13-10-15(24,16(18,19)20)22(21-13)14(23)11-6-5-7-12(17)9-11/h5-7,9,24H,2-4,8,10H2,1H3/t15-/m1/s1. The highest BCUT2D eigenvalue weighted by Gasteiger charge is 2.63. The lowest BCUT2D eigenvalue weighted by Crippen LogP contribution is -2.56. The molecule has 24 heavy (non-hydrogen) atoms. The van der Waals surface area contributed by atoms with Crippen molar-refractivity contribution in [3.8, 4) is 0 Å². The van der Waals surface area contributed by atoms with Gasteiger partial charge in [-0.2, -0.15) is 23.3 Å². The van der Waals surface area contributed by atoms with Crippen molar-refractivity contribution in [3.05, 3.63) is 34.9 Å². The maximum atomic E-state index is 13.4. The van der Waals surface area contributed by atoms with Gasteiger partial charge in [-0.05, 0) is 31.0 Å². The van der Waals surface area contributed by atoms with Gasteiger partial charge in [-0.3, -0.25) is 4.79 Å². The van der Waals surface area contributed by atoms with E-state index in [0.29, 0.717) is 12.8 Å². The lowest BCUT2D eigenvalue weighted by Gasteiger charge is -2.32. The van der Waals surface area contributed by atoms with E-state index < -0.39 is 24.2 Å². The van der Waals surface area contributed by atoms with Crippen LogP contribution in [-0.4, -0.2) is 33.6 Å². The molecule has 1 aromatic carbocycles. The predicted molar refractivity (Wildman–Crippen MR) is 84.8 cm³/mol. The van der Waals surface area contributed by atoms with E-state index in [0.717, 1.165) is 12.8 Å². The summed E-state index contributed by atoms with van der Waals surface area (Å²) >= 11 is 5.78. The van der Waals surface area contributed by atoms with Gasteiger partial charge in [0.2, 0.25) is 0 Å². The Morgan fingerprint density at radius 2 is 2.12 bits per heavy atom. The molecule has 0 bridgehead atoms. The van der Waals surface area contributed by atoms with Gasteiger partial charge in [-0.1, -0.05) is 37.4 Å². The molecule has 1 atom stereocenters. The normalized spacial score (nSPS) is 21.1. The zero-order chi connectivity index (χ0) is 18.0. The fraction of sp³-hybridized carbons (Fsp3) is 0.500. The highest BCUT2D eigenvalue weighted by atomic mass is 35.5. The number of rotatable bonds is 5. The summed E-state index contributed by atoms with van der Waals surface area (Å²) < 4.78 is 40.1. The van der Waals surface area contributed by atoms with Crippen molar-refractivity contribution in [2.24, 2.45) is 5.10 Å². The SMILES string of the molecule is CCCCCC1=NN(C(=O)c2cccc(Cl)c2)[C@](O)(C(F)(F)F)C1. The van der Waals surface area contributed by atoms with E-state index in [2.05, 4.69) is 5.10 Å². The summed E-state index contributed by atoms with van der Waals surface area (Å²) in [7, 11) is 0. The van der Waals surface area contributed by atoms with Gasteiger partial charge < -0.3 is 5.11 Å². The number of halogens is 4. The Balaban J connectivity index is 2.32. The molecule has 132 valence electrons. The molecule has 0 aliphatic carbocycles. The Morgan fingerprint density at radius 3 is 2.71 bits per heavy atom. The first-order valence-electron chi connectivity index (χ1n) is 7.64. The number of amides is 1.